The van der Waals surface area contributed by atoms with Crippen molar-refractivity contribution >= 4 is 10.0 Å². The molecule has 1 aliphatic carbocycles. The van der Waals surface area contributed by atoms with Gasteiger partial charge in [0, 0.05) is 12.6 Å². The van der Waals surface area contributed by atoms with Crippen molar-refractivity contribution in [1.29, 1.82) is 0 Å². The maximum Gasteiger partial charge on any atom is 0.243 e. The molecule has 110 valence electrons. The van der Waals surface area contributed by atoms with Gasteiger partial charge in [-0.2, -0.15) is 4.31 Å². The Morgan fingerprint density at radius 2 is 1.65 bits per heavy atom. The summed E-state index contributed by atoms with van der Waals surface area (Å²) in [5.41, 5.74) is 0. The lowest BCUT2D eigenvalue weighted by atomic mass is 9.79. The number of fused-ring (bicyclic) bond motifs is 1. The first kappa shape index (κ1) is 13.9. The van der Waals surface area contributed by atoms with Gasteiger partial charge in [0.1, 0.15) is 5.75 Å². The molecule has 2 aliphatic rings. The minimum atomic E-state index is -3.43. The first-order valence-electron chi connectivity index (χ1n) is 7.40. The summed E-state index contributed by atoms with van der Waals surface area (Å²) in [7, 11) is -3.43. The molecule has 1 aromatic carbocycles. The second-order valence-corrected chi connectivity index (χ2v) is 7.75. The second kappa shape index (κ2) is 5.37. The number of rotatable bonds is 2. The van der Waals surface area contributed by atoms with Crippen LogP contribution < -0.4 is 0 Å². The average molecular weight is 295 g/mol. The van der Waals surface area contributed by atoms with Gasteiger partial charge >= 0.3 is 0 Å². The minimum Gasteiger partial charge on any atom is -0.508 e. The molecule has 1 aliphatic heterocycles. The molecule has 3 rings (SSSR count). The third-order valence-electron chi connectivity index (χ3n) is 4.64. The summed E-state index contributed by atoms with van der Waals surface area (Å²) in [6, 6.07) is 6.05. The van der Waals surface area contributed by atoms with E-state index in [0.29, 0.717) is 17.4 Å². The third-order valence-corrected chi connectivity index (χ3v) is 6.57. The molecule has 0 aromatic heterocycles. The fraction of sp³-hybridized carbons (Fsp3) is 0.600. The summed E-state index contributed by atoms with van der Waals surface area (Å²) in [6.07, 6.45) is 6.62. The molecule has 0 radical (unpaired) electrons. The van der Waals surface area contributed by atoms with Gasteiger partial charge in [-0.15, -0.1) is 0 Å². The number of sulfonamides is 1. The fourth-order valence-corrected chi connectivity index (χ4v) is 5.39. The zero-order valence-electron chi connectivity index (χ0n) is 11.5. The van der Waals surface area contributed by atoms with Crippen molar-refractivity contribution in [2.75, 3.05) is 6.54 Å². The molecule has 1 heterocycles. The van der Waals surface area contributed by atoms with Crippen LogP contribution in [0.4, 0.5) is 0 Å². The predicted octanol–water partition coefficient (Wildman–Crippen LogP) is 2.74. The summed E-state index contributed by atoms with van der Waals surface area (Å²) in [6.45, 7) is 0.629. The average Bonchev–Trinajstić information content (AvgIpc) is 2.47. The van der Waals surface area contributed by atoms with Crippen LogP contribution in [0.25, 0.3) is 0 Å². The van der Waals surface area contributed by atoms with E-state index in [4.69, 9.17) is 0 Å². The maximum atomic E-state index is 12.8. The number of nitrogens with zero attached hydrogens (tertiary/aromatic N) is 1. The van der Waals surface area contributed by atoms with Crippen LogP contribution in [0, 0.1) is 5.92 Å². The highest BCUT2D eigenvalue weighted by Gasteiger charge is 2.39. The smallest absolute Gasteiger partial charge is 0.243 e. The van der Waals surface area contributed by atoms with E-state index in [0.717, 1.165) is 32.1 Å². The number of hydrogen-bond acceptors (Lipinski definition) is 3. The molecule has 0 amide bonds. The zero-order valence-corrected chi connectivity index (χ0v) is 12.3. The lowest BCUT2D eigenvalue weighted by Crippen LogP contribution is -2.49. The number of hydrogen-bond donors (Lipinski definition) is 1. The van der Waals surface area contributed by atoms with Crippen molar-refractivity contribution in [3.05, 3.63) is 24.3 Å². The molecule has 1 saturated heterocycles. The Morgan fingerprint density at radius 1 is 1.00 bits per heavy atom. The Hall–Kier alpha value is -1.07. The summed E-state index contributed by atoms with van der Waals surface area (Å²) in [4.78, 5) is 0.293. The molecule has 20 heavy (non-hydrogen) atoms. The van der Waals surface area contributed by atoms with E-state index in [1.165, 1.54) is 30.7 Å². The van der Waals surface area contributed by atoms with E-state index in [1.807, 2.05) is 0 Å². The zero-order chi connectivity index (χ0) is 14.2. The molecular weight excluding hydrogens is 274 g/mol. The molecule has 1 saturated carbocycles. The van der Waals surface area contributed by atoms with Crippen molar-refractivity contribution in [1.82, 2.24) is 4.31 Å². The van der Waals surface area contributed by atoms with Gasteiger partial charge in [0.2, 0.25) is 10.0 Å². The van der Waals surface area contributed by atoms with E-state index in [9.17, 15) is 13.5 Å². The first-order chi connectivity index (χ1) is 9.59. The van der Waals surface area contributed by atoms with Crippen molar-refractivity contribution in [2.45, 2.75) is 49.5 Å². The van der Waals surface area contributed by atoms with E-state index < -0.39 is 10.0 Å². The highest BCUT2D eigenvalue weighted by molar-refractivity contribution is 7.89. The molecule has 0 unspecified atom stereocenters. The van der Waals surface area contributed by atoms with Crippen LogP contribution >= 0.6 is 0 Å². The molecule has 1 aromatic rings. The highest BCUT2D eigenvalue weighted by Crippen LogP contribution is 2.38. The number of phenolic OH excluding ortho intramolecular Hbond substituents is 1. The summed E-state index contributed by atoms with van der Waals surface area (Å²) < 4.78 is 27.3. The normalized spacial score (nSPS) is 28.0. The quantitative estimate of drug-likeness (QED) is 0.912. The van der Waals surface area contributed by atoms with E-state index in [-0.39, 0.29) is 11.8 Å². The van der Waals surface area contributed by atoms with Crippen LogP contribution in [0.15, 0.2) is 29.2 Å². The Kier molecular flexibility index (Phi) is 3.73. The Morgan fingerprint density at radius 3 is 2.40 bits per heavy atom. The van der Waals surface area contributed by atoms with Gasteiger partial charge in [-0.3, -0.25) is 0 Å². The molecule has 4 nitrogen and oxygen atoms in total. The standard InChI is InChI=1S/C15H21NO3S/c17-13-7-9-14(10-8-13)20(18,19)16-11-3-5-12-4-1-2-6-15(12)16/h7-10,12,15,17H,1-6,11H2/t12-,15-/m1/s1. The van der Waals surface area contributed by atoms with Crippen LogP contribution in [0.5, 0.6) is 5.75 Å². The number of aromatic hydroxyl groups is 1. The summed E-state index contributed by atoms with van der Waals surface area (Å²) in [5, 5.41) is 9.31. The molecule has 2 fully saturated rings. The maximum absolute atomic E-state index is 12.8. The monoisotopic (exact) mass is 295 g/mol. The van der Waals surface area contributed by atoms with Gasteiger partial charge in [-0.1, -0.05) is 12.8 Å². The molecule has 0 spiro atoms. The Labute approximate surface area is 120 Å². The van der Waals surface area contributed by atoms with Crippen LogP contribution in [-0.2, 0) is 10.0 Å². The predicted molar refractivity (Wildman–Crippen MR) is 77.0 cm³/mol. The molecular formula is C15H21NO3S. The van der Waals surface area contributed by atoms with Gasteiger partial charge in [-0.25, -0.2) is 8.42 Å². The number of benzene rings is 1. The molecule has 2 atom stereocenters. The van der Waals surface area contributed by atoms with Crippen LogP contribution in [0.1, 0.15) is 38.5 Å². The lowest BCUT2D eigenvalue weighted by Gasteiger charge is -2.43. The van der Waals surface area contributed by atoms with Crippen LogP contribution in [-0.4, -0.2) is 30.4 Å². The molecule has 0 bridgehead atoms. The Balaban J connectivity index is 1.91. The fourth-order valence-electron chi connectivity index (χ4n) is 3.63. The van der Waals surface area contributed by atoms with Gasteiger partial charge in [0.15, 0.2) is 0 Å². The highest BCUT2D eigenvalue weighted by atomic mass is 32.2. The first-order valence-corrected chi connectivity index (χ1v) is 8.84. The summed E-state index contributed by atoms with van der Waals surface area (Å²) >= 11 is 0. The van der Waals surface area contributed by atoms with E-state index in [1.54, 1.807) is 4.31 Å². The van der Waals surface area contributed by atoms with Gasteiger partial charge in [0.25, 0.3) is 0 Å². The van der Waals surface area contributed by atoms with Crippen molar-refractivity contribution in [2.24, 2.45) is 5.92 Å². The number of phenols is 1. The molecule has 5 heteroatoms. The van der Waals surface area contributed by atoms with E-state index in [2.05, 4.69) is 0 Å². The topological polar surface area (TPSA) is 57.6 Å². The van der Waals surface area contributed by atoms with Gasteiger partial charge in [0.05, 0.1) is 4.90 Å². The van der Waals surface area contributed by atoms with Crippen LogP contribution in [0.3, 0.4) is 0 Å². The van der Waals surface area contributed by atoms with Gasteiger partial charge in [-0.05, 0) is 55.9 Å². The van der Waals surface area contributed by atoms with E-state index >= 15 is 0 Å². The molecule has 1 N–H and O–H groups in total. The Bertz CT molecular complexity index is 565. The lowest BCUT2D eigenvalue weighted by molar-refractivity contribution is 0.129. The second-order valence-electron chi connectivity index (χ2n) is 5.86. The summed E-state index contributed by atoms with van der Waals surface area (Å²) in [5.74, 6) is 0.627. The van der Waals surface area contributed by atoms with Crippen molar-refractivity contribution < 1.29 is 13.5 Å². The van der Waals surface area contributed by atoms with Crippen LogP contribution in [0.2, 0.25) is 0 Å². The third kappa shape index (κ3) is 2.44. The van der Waals surface area contributed by atoms with Gasteiger partial charge < -0.3 is 5.11 Å². The van der Waals surface area contributed by atoms with Crippen molar-refractivity contribution in [3.8, 4) is 5.75 Å². The van der Waals surface area contributed by atoms with Crippen molar-refractivity contribution in [3.63, 3.8) is 0 Å². The minimum absolute atomic E-state index is 0.0955. The largest absolute Gasteiger partial charge is 0.508 e. The number of piperidine rings is 1. The SMILES string of the molecule is O=S(=O)(c1ccc(O)cc1)N1CCC[C@H]2CCCC[C@H]21.